The van der Waals surface area contributed by atoms with Gasteiger partial charge in [-0.05, 0) is 30.7 Å². The topological polar surface area (TPSA) is 72.2 Å². The molecule has 84 valence electrons. The Morgan fingerprint density at radius 2 is 2.07 bits per heavy atom. The Morgan fingerprint density at radius 1 is 1.40 bits per heavy atom. The Bertz CT molecular complexity index is 425. The van der Waals surface area contributed by atoms with Crippen LogP contribution in [0.2, 0.25) is 0 Å². The van der Waals surface area contributed by atoms with Gasteiger partial charge in [0, 0.05) is 6.54 Å². The molecule has 0 heterocycles. The van der Waals surface area contributed by atoms with Crippen LogP contribution in [-0.4, -0.2) is 20.7 Å². The molecular formula is C9H13FN2O2S. The average Bonchev–Trinajstić information content (AvgIpc) is 1.99. The van der Waals surface area contributed by atoms with Gasteiger partial charge in [0.25, 0.3) is 0 Å². The first-order chi connectivity index (χ1) is 6.93. The molecule has 0 aliphatic carbocycles. The van der Waals surface area contributed by atoms with Crippen LogP contribution < -0.4 is 10.5 Å². The van der Waals surface area contributed by atoms with Gasteiger partial charge in [0.2, 0.25) is 10.0 Å². The number of nitrogens with two attached hydrogens (primary N) is 1. The molecule has 1 aromatic rings. The third kappa shape index (κ3) is 3.85. The fourth-order valence-corrected chi connectivity index (χ4v) is 2.07. The van der Waals surface area contributed by atoms with Crippen LogP contribution in [0.3, 0.4) is 0 Å². The molecule has 0 aromatic heterocycles. The number of hydrogen-bond donors (Lipinski definition) is 2. The summed E-state index contributed by atoms with van der Waals surface area (Å²) in [6.45, 7) is 1.72. The van der Waals surface area contributed by atoms with Gasteiger partial charge in [-0.15, -0.1) is 0 Å². The van der Waals surface area contributed by atoms with E-state index in [1.807, 2.05) is 0 Å². The monoisotopic (exact) mass is 232 g/mol. The molecule has 0 aliphatic rings. The van der Waals surface area contributed by atoms with Crippen molar-refractivity contribution in [3.8, 4) is 0 Å². The smallest absolute Gasteiger partial charge is 0.233 e. The number of hydrogen-bond acceptors (Lipinski definition) is 3. The summed E-state index contributed by atoms with van der Waals surface area (Å²) in [5.41, 5.74) is 6.01. The lowest BCUT2D eigenvalue weighted by atomic mass is 10.2. The van der Waals surface area contributed by atoms with Gasteiger partial charge >= 0.3 is 0 Å². The standard InChI is InChI=1S/C9H13FN2O2S/c1-7-4-8(10)6-9(5-7)12-15(13,14)3-2-11/h4-6,12H,2-3,11H2,1H3. The minimum atomic E-state index is -3.46. The lowest BCUT2D eigenvalue weighted by Gasteiger charge is -2.07. The van der Waals surface area contributed by atoms with Crippen molar-refractivity contribution in [2.24, 2.45) is 5.73 Å². The molecule has 0 amide bonds. The second kappa shape index (κ2) is 4.59. The Kier molecular flexibility index (Phi) is 3.65. The van der Waals surface area contributed by atoms with Crippen LogP contribution in [0.1, 0.15) is 5.56 Å². The van der Waals surface area contributed by atoms with Crippen LogP contribution >= 0.6 is 0 Å². The maximum Gasteiger partial charge on any atom is 0.233 e. The summed E-state index contributed by atoms with van der Waals surface area (Å²) < 4.78 is 37.8. The molecule has 0 fully saturated rings. The van der Waals surface area contributed by atoms with E-state index in [9.17, 15) is 12.8 Å². The maximum absolute atomic E-state index is 12.9. The summed E-state index contributed by atoms with van der Waals surface area (Å²) in [5, 5.41) is 0. The van der Waals surface area contributed by atoms with Gasteiger partial charge in [-0.2, -0.15) is 0 Å². The first-order valence-corrected chi connectivity index (χ1v) is 6.06. The van der Waals surface area contributed by atoms with Gasteiger partial charge in [0.15, 0.2) is 0 Å². The lowest BCUT2D eigenvalue weighted by molar-refractivity contribution is 0.601. The third-order valence-corrected chi connectivity index (χ3v) is 3.02. The van der Waals surface area contributed by atoms with Gasteiger partial charge < -0.3 is 5.73 Å². The van der Waals surface area contributed by atoms with Crippen LogP contribution in [0.25, 0.3) is 0 Å². The van der Waals surface area contributed by atoms with Crippen molar-refractivity contribution in [3.63, 3.8) is 0 Å². The Balaban J connectivity index is 2.90. The molecule has 6 heteroatoms. The molecule has 0 saturated carbocycles. The normalized spacial score (nSPS) is 11.4. The second-order valence-corrected chi connectivity index (χ2v) is 5.07. The molecule has 4 nitrogen and oxygen atoms in total. The molecule has 0 unspecified atom stereocenters. The number of rotatable bonds is 4. The lowest BCUT2D eigenvalue weighted by Crippen LogP contribution is -2.22. The number of nitrogens with one attached hydrogen (secondary N) is 1. The van der Waals surface area contributed by atoms with E-state index >= 15 is 0 Å². The highest BCUT2D eigenvalue weighted by Gasteiger charge is 2.09. The highest BCUT2D eigenvalue weighted by atomic mass is 32.2. The number of halogens is 1. The van der Waals surface area contributed by atoms with Gasteiger partial charge in [-0.1, -0.05) is 0 Å². The second-order valence-electron chi connectivity index (χ2n) is 3.23. The zero-order valence-electron chi connectivity index (χ0n) is 8.33. The van der Waals surface area contributed by atoms with E-state index in [1.165, 1.54) is 6.07 Å². The molecule has 1 rings (SSSR count). The molecule has 0 atom stereocenters. The quantitative estimate of drug-likeness (QED) is 0.807. The van der Waals surface area contributed by atoms with E-state index < -0.39 is 15.8 Å². The molecule has 0 radical (unpaired) electrons. The van der Waals surface area contributed by atoms with Crippen LogP contribution in [-0.2, 0) is 10.0 Å². The molecule has 0 bridgehead atoms. The SMILES string of the molecule is Cc1cc(F)cc(NS(=O)(=O)CCN)c1. The van der Waals surface area contributed by atoms with Gasteiger partial charge in [0.05, 0.1) is 11.4 Å². The summed E-state index contributed by atoms with van der Waals surface area (Å²) in [4.78, 5) is 0. The van der Waals surface area contributed by atoms with E-state index in [-0.39, 0.29) is 18.0 Å². The third-order valence-electron chi connectivity index (χ3n) is 1.70. The highest BCUT2D eigenvalue weighted by Crippen LogP contribution is 2.14. The zero-order chi connectivity index (χ0) is 11.5. The maximum atomic E-state index is 12.9. The van der Waals surface area contributed by atoms with E-state index in [1.54, 1.807) is 13.0 Å². The average molecular weight is 232 g/mol. The number of benzene rings is 1. The van der Waals surface area contributed by atoms with Crippen LogP contribution in [0, 0.1) is 12.7 Å². The summed E-state index contributed by atoms with van der Waals surface area (Å²) in [6.07, 6.45) is 0. The largest absolute Gasteiger partial charge is 0.329 e. The molecule has 15 heavy (non-hydrogen) atoms. The first kappa shape index (κ1) is 11.9. The summed E-state index contributed by atoms with van der Waals surface area (Å²) in [7, 11) is -3.46. The first-order valence-electron chi connectivity index (χ1n) is 4.41. The molecule has 0 saturated heterocycles. The van der Waals surface area contributed by atoms with E-state index in [4.69, 9.17) is 5.73 Å². The fraction of sp³-hybridized carbons (Fsp3) is 0.333. The van der Waals surface area contributed by atoms with Crippen molar-refractivity contribution in [3.05, 3.63) is 29.6 Å². The van der Waals surface area contributed by atoms with Crippen molar-refractivity contribution < 1.29 is 12.8 Å². The van der Waals surface area contributed by atoms with Gasteiger partial charge in [-0.25, -0.2) is 12.8 Å². The predicted octanol–water partition coefficient (Wildman–Crippen LogP) is 0.835. The predicted molar refractivity (Wildman–Crippen MR) is 57.6 cm³/mol. The van der Waals surface area contributed by atoms with E-state index in [0.29, 0.717) is 5.56 Å². The van der Waals surface area contributed by atoms with Gasteiger partial charge in [0.1, 0.15) is 5.82 Å². The van der Waals surface area contributed by atoms with Crippen LogP contribution in [0.4, 0.5) is 10.1 Å². The van der Waals surface area contributed by atoms with Crippen molar-refractivity contribution in [2.45, 2.75) is 6.92 Å². The molecule has 3 N–H and O–H groups in total. The number of anilines is 1. The Labute approximate surface area is 88.3 Å². The van der Waals surface area contributed by atoms with Crippen LogP contribution in [0.5, 0.6) is 0 Å². The highest BCUT2D eigenvalue weighted by molar-refractivity contribution is 7.92. The van der Waals surface area contributed by atoms with E-state index in [0.717, 1.165) is 6.07 Å². The van der Waals surface area contributed by atoms with Crippen molar-refractivity contribution in [1.29, 1.82) is 0 Å². The summed E-state index contributed by atoms with van der Waals surface area (Å²) >= 11 is 0. The molecule has 0 aliphatic heterocycles. The van der Waals surface area contributed by atoms with Crippen molar-refractivity contribution >= 4 is 15.7 Å². The van der Waals surface area contributed by atoms with Crippen molar-refractivity contribution in [2.75, 3.05) is 17.0 Å². The minimum absolute atomic E-state index is 0.0314. The molecule has 1 aromatic carbocycles. The fourth-order valence-electron chi connectivity index (χ4n) is 1.18. The summed E-state index contributed by atoms with van der Waals surface area (Å²) in [6, 6.07) is 4.00. The number of sulfonamides is 1. The molecular weight excluding hydrogens is 219 g/mol. The van der Waals surface area contributed by atoms with Crippen molar-refractivity contribution in [1.82, 2.24) is 0 Å². The van der Waals surface area contributed by atoms with E-state index in [2.05, 4.69) is 4.72 Å². The van der Waals surface area contributed by atoms with Crippen LogP contribution in [0.15, 0.2) is 18.2 Å². The zero-order valence-corrected chi connectivity index (χ0v) is 9.14. The Morgan fingerprint density at radius 3 is 2.60 bits per heavy atom. The van der Waals surface area contributed by atoms with Gasteiger partial charge in [-0.3, -0.25) is 4.72 Å². The minimum Gasteiger partial charge on any atom is -0.329 e. The number of aryl methyl sites for hydroxylation is 1. The summed E-state index contributed by atoms with van der Waals surface area (Å²) in [5.74, 6) is -0.650. The Hall–Kier alpha value is -1.14. The molecule has 0 spiro atoms.